The Balaban J connectivity index is 1.79. The fourth-order valence-corrected chi connectivity index (χ4v) is 2.43. The minimum Gasteiger partial charge on any atom is -0.481 e. The van der Waals surface area contributed by atoms with Crippen molar-refractivity contribution >= 4 is 0 Å². The van der Waals surface area contributed by atoms with Crippen LogP contribution in [0.2, 0.25) is 0 Å². The molecule has 2 rings (SSSR count). The summed E-state index contributed by atoms with van der Waals surface area (Å²) in [6.45, 7) is 4.52. The van der Waals surface area contributed by atoms with Crippen LogP contribution in [-0.4, -0.2) is 48.5 Å². The van der Waals surface area contributed by atoms with E-state index in [2.05, 4.69) is 10.00 Å². The van der Waals surface area contributed by atoms with E-state index in [0.29, 0.717) is 5.88 Å². The van der Waals surface area contributed by atoms with E-state index in [1.165, 1.54) is 32.4 Å². The first-order chi connectivity index (χ1) is 8.83. The lowest BCUT2D eigenvalue weighted by Gasteiger charge is -2.26. The normalized spacial score (nSPS) is 16.8. The quantitative estimate of drug-likeness (QED) is 0.774. The number of methoxy groups -OCH3 is 2. The fourth-order valence-electron chi connectivity index (χ4n) is 2.43. The molecule has 0 N–H and O–H groups in total. The molecule has 1 aromatic heterocycles. The molecule has 1 saturated heterocycles. The van der Waals surface area contributed by atoms with Gasteiger partial charge in [-0.3, -0.25) is 0 Å². The first kappa shape index (κ1) is 13.2. The Morgan fingerprint density at radius 1 is 1.11 bits per heavy atom. The van der Waals surface area contributed by atoms with Gasteiger partial charge in [0.2, 0.25) is 11.8 Å². The predicted octanol–water partition coefficient (Wildman–Crippen LogP) is 1.78. The van der Waals surface area contributed by atoms with Crippen LogP contribution in [0.5, 0.6) is 11.8 Å². The Kier molecular flexibility index (Phi) is 4.87. The summed E-state index contributed by atoms with van der Waals surface area (Å²) in [5.41, 5.74) is 0. The molecule has 0 amide bonds. The van der Waals surface area contributed by atoms with Crippen molar-refractivity contribution in [3.8, 4) is 11.8 Å². The maximum atomic E-state index is 5.28. The lowest BCUT2D eigenvalue weighted by molar-refractivity contribution is 0.219. The smallest absolute Gasteiger partial charge is 0.236 e. The molecule has 1 aliphatic rings. The van der Waals surface area contributed by atoms with Crippen molar-refractivity contribution in [2.75, 3.05) is 33.9 Å². The molecule has 1 aromatic rings. The second-order valence-electron chi connectivity index (χ2n) is 4.71. The number of rotatable bonds is 6. The molecule has 0 atom stereocenters. The van der Waals surface area contributed by atoms with E-state index < -0.39 is 0 Å². The molecule has 0 unspecified atom stereocenters. The van der Waals surface area contributed by atoms with Crippen LogP contribution in [-0.2, 0) is 6.54 Å². The van der Waals surface area contributed by atoms with E-state index in [9.17, 15) is 0 Å². The van der Waals surface area contributed by atoms with Crippen LogP contribution in [0.3, 0.4) is 0 Å². The summed E-state index contributed by atoms with van der Waals surface area (Å²) in [4.78, 5) is 2.54. The number of ether oxygens (including phenoxy) is 2. The summed E-state index contributed by atoms with van der Waals surface area (Å²) in [5, 5.41) is 4.33. The van der Waals surface area contributed by atoms with Gasteiger partial charge in [0, 0.05) is 6.54 Å². The second-order valence-corrected chi connectivity index (χ2v) is 4.71. The van der Waals surface area contributed by atoms with Gasteiger partial charge in [0.05, 0.1) is 20.3 Å². The zero-order valence-corrected chi connectivity index (χ0v) is 11.4. The predicted molar refractivity (Wildman–Crippen MR) is 70.2 cm³/mol. The van der Waals surface area contributed by atoms with Crippen LogP contribution in [0.15, 0.2) is 6.07 Å². The maximum Gasteiger partial charge on any atom is 0.236 e. The molecule has 102 valence electrons. The fraction of sp³-hybridized carbons (Fsp3) is 0.769. The Morgan fingerprint density at radius 3 is 2.56 bits per heavy atom. The zero-order chi connectivity index (χ0) is 12.8. The Labute approximate surface area is 109 Å². The zero-order valence-electron chi connectivity index (χ0n) is 11.4. The molecule has 1 fully saturated rings. The molecule has 0 aliphatic carbocycles. The first-order valence-electron chi connectivity index (χ1n) is 6.71. The average molecular weight is 253 g/mol. The van der Waals surface area contributed by atoms with Gasteiger partial charge in [-0.05, 0) is 38.9 Å². The maximum absolute atomic E-state index is 5.28. The highest BCUT2D eigenvalue weighted by Gasteiger charge is 2.11. The van der Waals surface area contributed by atoms with Crippen molar-refractivity contribution in [1.29, 1.82) is 0 Å². The van der Waals surface area contributed by atoms with E-state index in [1.54, 1.807) is 14.2 Å². The van der Waals surface area contributed by atoms with Gasteiger partial charge in [-0.25, -0.2) is 4.68 Å². The average Bonchev–Trinajstić information content (AvgIpc) is 2.82. The van der Waals surface area contributed by atoms with E-state index >= 15 is 0 Å². The number of hydrogen-bond donors (Lipinski definition) is 0. The third kappa shape index (κ3) is 3.38. The van der Waals surface area contributed by atoms with Crippen LogP contribution in [0.1, 0.15) is 25.7 Å². The summed E-state index contributed by atoms with van der Waals surface area (Å²) >= 11 is 0. The highest BCUT2D eigenvalue weighted by molar-refractivity contribution is 5.20. The van der Waals surface area contributed by atoms with Gasteiger partial charge in [0.1, 0.15) is 0 Å². The highest BCUT2D eigenvalue weighted by Crippen LogP contribution is 2.19. The summed E-state index contributed by atoms with van der Waals surface area (Å²) in [7, 11) is 3.29. The van der Waals surface area contributed by atoms with E-state index in [1.807, 2.05) is 10.7 Å². The third-order valence-electron chi connectivity index (χ3n) is 3.43. The van der Waals surface area contributed by atoms with Crippen LogP contribution in [0.4, 0.5) is 0 Å². The van der Waals surface area contributed by atoms with Crippen LogP contribution in [0.25, 0.3) is 0 Å². The third-order valence-corrected chi connectivity index (χ3v) is 3.43. The van der Waals surface area contributed by atoms with Crippen molar-refractivity contribution in [2.45, 2.75) is 32.2 Å². The SMILES string of the molecule is COc1cc(OC)n(CCCN2CCCCC2)n1. The standard InChI is InChI=1S/C13H23N3O2/c1-17-12-11-13(18-2)16(14-12)10-6-9-15-7-4-3-5-8-15/h11H,3-10H2,1-2H3. The number of likely N-dealkylation sites (tertiary alicyclic amines) is 1. The summed E-state index contributed by atoms with van der Waals surface area (Å²) < 4.78 is 12.3. The van der Waals surface area contributed by atoms with Gasteiger partial charge in [-0.1, -0.05) is 6.42 Å². The minimum atomic E-state index is 0.616. The lowest BCUT2D eigenvalue weighted by Crippen LogP contribution is -2.31. The Morgan fingerprint density at radius 2 is 1.89 bits per heavy atom. The molecule has 5 heteroatoms. The molecule has 0 aromatic carbocycles. The van der Waals surface area contributed by atoms with Crippen LogP contribution >= 0.6 is 0 Å². The molecule has 0 bridgehead atoms. The number of nitrogens with zero attached hydrogens (tertiary/aromatic N) is 3. The molecule has 0 radical (unpaired) electrons. The van der Waals surface area contributed by atoms with Crippen LogP contribution < -0.4 is 9.47 Å². The molecular formula is C13H23N3O2. The Bertz CT molecular complexity index is 359. The van der Waals surface area contributed by atoms with Gasteiger partial charge in [0.15, 0.2) is 0 Å². The van der Waals surface area contributed by atoms with Crippen molar-refractivity contribution in [3.63, 3.8) is 0 Å². The van der Waals surface area contributed by atoms with Crippen molar-refractivity contribution in [3.05, 3.63) is 6.07 Å². The monoisotopic (exact) mass is 253 g/mol. The largest absolute Gasteiger partial charge is 0.481 e. The highest BCUT2D eigenvalue weighted by atomic mass is 16.5. The number of hydrogen-bond acceptors (Lipinski definition) is 4. The van der Waals surface area contributed by atoms with E-state index in [4.69, 9.17) is 9.47 Å². The number of piperidine rings is 1. The van der Waals surface area contributed by atoms with Crippen LogP contribution in [0, 0.1) is 0 Å². The summed E-state index contributed by atoms with van der Waals surface area (Å²) in [6, 6.07) is 1.82. The topological polar surface area (TPSA) is 39.5 Å². The number of aryl methyl sites for hydroxylation is 1. The van der Waals surface area contributed by atoms with Gasteiger partial charge in [-0.15, -0.1) is 5.10 Å². The van der Waals surface area contributed by atoms with E-state index in [0.717, 1.165) is 25.4 Å². The number of aromatic nitrogens is 2. The molecule has 1 aliphatic heterocycles. The molecular weight excluding hydrogens is 230 g/mol. The van der Waals surface area contributed by atoms with Crippen molar-refractivity contribution < 1.29 is 9.47 Å². The second kappa shape index (κ2) is 6.64. The summed E-state index contributed by atoms with van der Waals surface area (Å²) in [5.74, 6) is 1.38. The Hall–Kier alpha value is -1.23. The van der Waals surface area contributed by atoms with Gasteiger partial charge < -0.3 is 14.4 Å². The molecule has 18 heavy (non-hydrogen) atoms. The van der Waals surface area contributed by atoms with Crippen molar-refractivity contribution in [1.82, 2.24) is 14.7 Å². The summed E-state index contributed by atoms with van der Waals surface area (Å²) in [6.07, 6.45) is 5.18. The van der Waals surface area contributed by atoms with Gasteiger partial charge in [0.25, 0.3) is 0 Å². The molecule has 2 heterocycles. The van der Waals surface area contributed by atoms with Crippen molar-refractivity contribution in [2.24, 2.45) is 0 Å². The molecule has 5 nitrogen and oxygen atoms in total. The molecule has 0 spiro atoms. The minimum absolute atomic E-state index is 0.616. The first-order valence-corrected chi connectivity index (χ1v) is 6.71. The van der Waals surface area contributed by atoms with Gasteiger partial charge >= 0.3 is 0 Å². The molecule has 0 saturated carbocycles. The van der Waals surface area contributed by atoms with Gasteiger partial charge in [-0.2, -0.15) is 0 Å². The lowest BCUT2D eigenvalue weighted by atomic mass is 10.1. The van der Waals surface area contributed by atoms with E-state index in [-0.39, 0.29) is 0 Å².